The van der Waals surface area contributed by atoms with Crippen LogP contribution in [0.4, 0.5) is 0 Å². The number of rotatable bonds is 3. The summed E-state index contributed by atoms with van der Waals surface area (Å²) in [5.41, 5.74) is 0.907. The molecule has 0 aliphatic heterocycles. The van der Waals surface area contributed by atoms with Crippen LogP contribution in [0, 0.1) is 6.92 Å². The molecule has 0 amide bonds. The molecule has 0 bridgehead atoms. The van der Waals surface area contributed by atoms with E-state index < -0.39 is 10.1 Å². The van der Waals surface area contributed by atoms with E-state index in [9.17, 15) is 8.42 Å². The van der Waals surface area contributed by atoms with Gasteiger partial charge >= 0.3 is 10.1 Å². The zero-order valence-electron chi connectivity index (χ0n) is 8.27. The summed E-state index contributed by atoms with van der Waals surface area (Å²) in [6.07, 6.45) is 0.995. The predicted octanol–water partition coefficient (Wildman–Crippen LogP) is 1.34. The Labute approximate surface area is 83.6 Å². The van der Waals surface area contributed by atoms with E-state index in [1.54, 1.807) is 12.1 Å². The normalized spacial score (nSPS) is 11.1. The lowest BCUT2D eigenvalue weighted by molar-refractivity contribution is 0.391. The Balaban J connectivity index is 3.11. The summed E-state index contributed by atoms with van der Waals surface area (Å²) in [5.74, 6) is 0.621. The van der Waals surface area contributed by atoms with E-state index in [0.29, 0.717) is 5.75 Å². The lowest BCUT2D eigenvalue weighted by atomic mass is 10.2. The average Bonchev–Trinajstić information content (AvgIpc) is 2.01. The van der Waals surface area contributed by atoms with Crippen LogP contribution >= 0.6 is 0 Å². The van der Waals surface area contributed by atoms with Crippen LogP contribution in [0.25, 0.3) is 0 Å². The van der Waals surface area contributed by atoms with E-state index in [1.165, 1.54) is 7.11 Å². The highest BCUT2D eigenvalue weighted by Crippen LogP contribution is 2.28. The Morgan fingerprint density at radius 2 is 1.86 bits per heavy atom. The quantitative estimate of drug-likeness (QED) is 0.715. The van der Waals surface area contributed by atoms with Crippen molar-refractivity contribution in [2.45, 2.75) is 6.92 Å². The van der Waals surface area contributed by atoms with Crippen molar-refractivity contribution in [1.29, 1.82) is 0 Å². The molecule has 0 spiro atoms. The third-order valence-corrected chi connectivity index (χ3v) is 2.04. The van der Waals surface area contributed by atoms with Crippen molar-refractivity contribution in [3.05, 3.63) is 23.8 Å². The van der Waals surface area contributed by atoms with Gasteiger partial charge in [0.25, 0.3) is 0 Å². The first kappa shape index (κ1) is 10.8. The minimum atomic E-state index is -3.51. The van der Waals surface area contributed by atoms with Crippen LogP contribution in [0.5, 0.6) is 11.5 Å². The molecule has 0 heterocycles. The zero-order valence-corrected chi connectivity index (χ0v) is 9.09. The van der Waals surface area contributed by atoms with Crippen molar-refractivity contribution in [1.82, 2.24) is 0 Å². The van der Waals surface area contributed by atoms with E-state index >= 15 is 0 Å². The Morgan fingerprint density at radius 1 is 1.21 bits per heavy atom. The van der Waals surface area contributed by atoms with Crippen LogP contribution < -0.4 is 8.92 Å². The van der Waals surface area contributed by atoms with Gasteiger partial charge in [-0.05, 0) is 24.6 Å². The van der Waals surface area contributed by atoms with Gasteiger partial charge in [0, 0.05) is 0 Å². The third-order valence-electron chi connectivity index (χ3n) is 1.56. The molecule has 0 saturated carbocycles. The molecule has 5 heteroatoms. The van der Waals surface area contributed by atoms with Gasteiger partial charge in [-0.25, -0.2) is 0 Å². The van der Waals surface area contributed by atoms with Crippen LogP contribution in [0.3, 0.4) is 0 Å². The molecule has 1 rings (SSSR count). The van der Waals surface area contributed by atoms with Gasteiger partial charge in [0.05, 0.1) is 13.4 Å². The Morgan fingerprint density at radius 3 is 2.36 bits per heavy atom. The molecule has 0 radical (unpaired) electrons. The van der Waals surface area contributed by atoms with Crippen molar-refractivity contribution < 1.29 is 17.3 Å². The molecule has 1 aromatic carbocycles. The van der Waals surface area contributed by atoms with Crippen LogP contribution in [0.2, 0.25) is 0 Å². The number of hydrogen-bond acceptors (Lipinski definition) is 4. The molecule has 0 N–H and O–H groups in total. The predicted molar refractivity (Wildman–Crippen MR) is 53.2 cm³/mol. The standard InChI is InChI=1S/C9H12O4S/c1-7-4-5-8(12-2)9(6-7)13-14(3,10)11/h4-6H,1-3H3. The topological polar surface area (TPSA) is 52.6 Å². The lowest BCUT2D eigenvalue weighted by Crippen LogP contribution is -2.06. The summed E-state index contributed by atoms with van der Waals surface area (Å²) in [5, 5.41) is 0. The van der Waals surface area contributed by atoms with Gasteiger partial charge < -0.3 is 8.92 Å². The maximum atomic E-state index is 10.9. The van der Waals surface area contributed by atoms with Crippen LogP contribution in [-0.4, -0.2) is 21.8 Å². The van der Waals surface area contributed by atoms with E-state index in [0.717, 1.165) is 11.8 Å². The molecule has 14 heavy (non-hydrogen) atoms. The Hall–Kier alpha value is -1.23. The second kappa shape index (κ2) is 3.88. The van der Waals surface area contributed by atoms with E-state index in [2.05, 4.69) is 0 Å². The second-order valence-electron chi connectivity index (χ2n) is 2.94. The van der Waals surface area contributed by atoms with Gasteiger partial charge in [-0.2, -0.15) is 8.42 Å². The minimum absolute atomic E-state index is 0.218. The maximum Gasteiger partial charge on any atom is 0.306 e. The molecule has 0 saturated heterocycles. The molecule has 4 nitrogen and oxygen atoms in total. The summed E-state index contributed by atoms with van der Waals surface area (Å²) in [6, 6.07) is 5.09. The summed E-state index contributed by atoms with van der Waals surface area (Å²) in [7, 11) is -2.05. The second-order valence-corrected chi connectivity index (χ2v) is 4.52. The van der Waals surface area contributed by atoms with Crippen molar-refractivity contribution >= 4 is 10.1 Å². The van der Waals surface area contributed by atoms with Crippen molar-refractivity contribution in [2.24, 2.45) is 0 Å². The van der Waals surface area contributed by atoms with Crippen molar-refractivity contribution in [2.75, 3.05) is 13.4 Å². The van der Waals surface area contributed by atoms with Gasteiger partial charge in [0.2, 0.25) is 0 Å². The molecule has 78 valence electrons. The molecule has 0 atom stereocenters. The van der Waals surface area contributed by atoms with Crippen molar-refractivity contribution in [3.8, 4) is 11.5 Å². The van der Waals surface area contributed by atoms with Crippen LogP contribution in [-0.2, 0) is 10.1 Å². The van der Waals surface area contributed by atoms with Gasteiger partial charge in [-0.3, -0.25) is 0 Å². The van der Waals surface area contributed by atoms with E-state index in [-0.39, 0.29) is 5.75 Å². The molecule has 0 fully saturated rings. The average molecular weight is 216 g/mol. The number of hydrogen-bond donors (Lipinski definition) is 0. The van der Waals surface area contributed by atoms with Gasteiger partial charge in [0.15, 0.2) is 11.5 Å². The summed E-state index contributed by atoms with van der Waals surface area (Å²) >= 11 is 0. The molecule has 1 aromatic rings. The molecular weight excluding hydrogens is 204 g/mol. The SMILES string of the molecule is COc1ccc(C)cc1OS(C)(=O)=O. The first-order valence-corrected chi connectivity index (χ1v) is 5.78. The molecule has 0 aliphatic rings. The van der Waals surface area contributed by atoms with Gasteiger partial charge in [0.1, 0.15) is 0 Å². The zero-order chi connectivity index (χ0) is 10.8. The van der Waals surface area contributed by atoms with E-state index in [1.807, 2.05) is 13.0 Å². The Kier molecular flexibility index (Phi) is 3.00. The van der Waals surface area contributed by atoms with E-state index in [4.69, 9.17) is 8.92 Å². The maximum absolute atomic E-state index is 10.9. The first-order valence-electron chi connectivity index (χ1n) is 3.96. The first-order chi connectivity index (χ1) is 6.42. The summed E-state index contributed by atoms with van der Waals surface area (Å²) in [6.45, 7) is 1.84. The molecule has 0 aliphatic carbocycles. The smallest absolute Gasteiger partial charge is 0.306 e. The fraction of sp³-hybridized carbons (Fsp3) is 0.333. The highest BCUT2D eigenvalue weighted by atomic mass is 32.2. The Bertz CT molecular complexity index is 422. The fourth-order valence-corrected chi connectivity index (χ4v) is 1.47. The number of benzene rings is 1. The van der Waals surface area contributed by atoms with Gasteiger partial charge in [-0.1, -0.05) is 6.07 Å². The minimum Gasteiger partial charge on any atom is -0.493 e. The number of aryl methyl sites for hydroxylation is 1. The molecule has 0 unspecified atom stereocenters. The lowest BCUT2D eigenvalue weighted by Gasteiger charge is -2.08. The van der Waals surface area contributed by atoms with Crippen molar-refractivity contribution in [3.63, 3.8) is 0 Å². The molecule has 0 aromatic heterocycles. The molecular formula is C9H12O4S. The largest absolute Gasteiger partial charge is 0.493 e. The summed E-state index contributed by atoms with van der Waals surface area (Å²) in [4.78, 5) is 0. The highest BCUT2D eigenvalue weighted by molar-refractivity contribution is 7.86. The number of methoxy groups -OCH3 is 1. The fourth-order valence-electron chi connectivity index (χ4n) is 1.01. The summed E-state index contributed by atoms with van der Waals surface area (Å²) < 4.78 is 31.5. The highest BCUT2D eigenvalue weighted by Gasteiger charge is 2.10. The number of ether oxygens (including phenoxy) is 1. The van der Waals surface area contributed by atoms with Crippen LogP contribution in [0.1, 0.15) is 5.56 Å². The third kappa shape index (κ3) is 2.92. The van der Waals surface area contributed by atoms with Crippen LogP contribution in [0.15, 0.2) is 18.2 Å². The van der Waals surface area contributed by atoms with Gasteiger partial charge in [-0.15, -0.1) is 0 Å². The monoisotopic (exact) mass is 216 g/mol.